The number of alkyl halides is 3. The molecule has 1 aliphatic carbocycles. The third-order valence-electron chi connectivity index (χ3n) is 9.17. The van der Waals surface area contributed by atoms with Crippen molar-refractivity contribution >= 4 is 17.8 Å². The maximum Gasteiger partial charge on any atom is 0.416 e. The minimum Gasteiger partial charge on any atom is -0.468 e. The minimum absolute atomic E-state index is 0.0153. The first-order chi connectivity index (χ1) is 19.6. The van der Waals surface area contributed by atoms with Crippen LogP contribution in [0.1, 0.15) is 60.1 Å². The van der Waals surface area contributed by atoms with E-state index in [4.69, 9.17) is 4.74 Å². The van der Waals surface area contributed by atoms with Crippen LogP contribution in [0.5, 0.6) is 0 Å². The topological polar surface area (TPSA) is 91.8 Å². The van der Waals surface area contributed by atoms with Crippen LogP contribution in [0.2, 0.25) is 0 Å². The van der Waals surface area contributed by atoms with Crippen LogP contribution in [0.4, 0.5) is 13.2 Å². The summed E-state index contributed by atoms with van der Waals surface area (Å²) in [4.78, 5) is 46.9. The second-order valence-electron chi connectivity index (χ2n) is 11.6. The van der Waals surface area contributed by atoms with Crippen LogP contribution < -0.4 is 5.32 Å². The molecule has 41 heavy (non-hydrogen) atoms. The van der Waals surface area contributed by atoms with Crippen molar-refractivity contribution in [2.24, 2.45) is 5.41 Å². The number of hydrogen-bond acceptors (Lipinski definition) is 6. The fourth-order valence-corrected chi connectivity index (χ4v) is 6.84. The van der Waals surface area contributed by atoms with Gasteiger partial charge in [0.05, 0.1) is 24.9 Å². The Balaban J connectivity index is 1.13. The van der Waals surface area contributed by atoms with Crippen LogP contribution >= 0.6 is 0 Å². The number of methoxy groups -OCH3 is 1. The van der Waals surface area contributed by atoms with Crippen LogP contribution in [-0.4, -0.2) is 78.4 Å². The zero-order valence-electron chi connectivity index (χ0n) is 23.1. The molecule has 0 radical (unpaired) electrons. The highest BCUT2D eigenvalue weighted by Gasteiger charge is 2.50. The van der Waals surface area contributed by atoms with Crippen molar-refractivity contribution in [2.75, 3.05) is 39.8 Å². The van der Waals surface area contributed by atoms with E-state index in [1.165, 1.54) is 19.2 Å². The largest absolute Gasteiger partial charge is 0.468 e. The Morgan fingerprint density at radius 2 is 1.78 bits per heavy atom. The molecular formula is C30H35F3N4O4. The molecule has 0 bridgehead atoms. The monoisotopic (exact) mass is 572 g/mol. The van der Waals surface area contributed by atoms with Gasteiger partial charge < -0.3 is 15.0 Å². The number of nitrogens with one attached hydrogen (secondary N) is 1. The average Bonchev–Trinajstić information content (AvgIpc) is 3.61. The number of rotatable bonds is 6. The van der Waals surface area contributed by atoms with Crippen molar-refractivity contribution in [2.45, 2.75) is 56.2 Å². The fraction of sp³-hybridized carbons (Fsp3) is 0.533. The smallest absolute Gasteiger partial charge is 0.416 e. The molecule has 8 nitrogen and oxygen atoms in total. The van der Waals surface area contributed by atoms with Gasteiger partial charge in [0.25, 0.3) is 5.91 Å². The van der Waals surface area contributed by atoms with Crippen molar-refractivity contribution in [3.63, 3.8) is 0 Å². The van der Waals surface area contributed by atoms with Crippen LogP contribution in [0.3, 0.4) is 0 Å². The summed E-state index contributed by atoms with van der Waals surface area (Å²) in [7, 11) is 1.42. The Hall–Kier alpha value is -3.47. The van der Waals surface area contributed by atoms with Gasteiger partial charge in [-0.05, 0) is 75.4 Å². The van der Waals surface area contributed by atoms with Gasteiger partial charge in [0.2, 0.25) is 5.91 Å². The van der Waals surface area contributed by atoms with E-state index < -0.39 is 23.1 Å². The zero-order valence-corrected chi connectivity index (χ0v) is 23.1. The van der Waals surface area contributed by atoms with E-state index in [-0.39, 0.29) is 29.4 Å². The lowest BCUT2D eigenvalue weighted by atomic mass is 9.69. The molecule has 2 aromatic rings. The van der Waals surface area contributed by atoms with Gasteiger partial charge in [0.15, 0.2) is 0 Å². The lowest BCUT2D eigenvalue weighted by Crippen LogP contribution is -2.47. The molecule has 1 atom stereocenters. The Morgan fingerprint density at radius 1 is 1.02 bits per heavy atom. The molecule has 3 fully saturated rings. The first-order valence-corrected chi connectivity index (χ1v) is 14.0. The van der Waals surface area contributed by atoms with Gasteiger partial charge in [-0.3, -0.25) is 24.3 Å². The summed E-state index contributed by atoms with van der Waals surface area (Å²) in [6, 6.07) is 10.1. The number of halogens is 3. The molecule has 3 aliphatic rings. The van der Waals surface area contributed by atoms with Crippen LogP contribution in [0.25, 0.3) is 0 Å². The predicted octanol–water partition coefficient (Wildman–Crippen LogP) is 3.81. The lowest BCUT2D eigenvalue weighted by Gasteiger charge is -2.41. The molecule has 0 unspecified atom stereocenters. The molecule has 2 saturated heterocycles. The summed E-state index contributed by atoms with van der Waals surface area (Å²) in [6.07, 6.45) is 2.03. The minimum atomic E-state index is -4.55. The SMILES string of the molecule is COC(=O)C1(c2ccccn2)CCC(N2CC[C@]3(CCN(C(=O)CNC(=O)c4cccc(C(F)(F)F)c4)C3)C2)CC1. The summed E-state index contributed by atoms with van der Waals surface area (Å²) in [6.45, 7) is 2.71. The predicted molar refractivity (Wildman–Crippen MR) is 144 cm³/mol. The standard InChI is InChI=1S/C30H35F3N4O4/c1-41-27(40)29(24-7-2-3-14-34-24)10-8-23(9-11-29)36-15-12-28(19-36)13-16-37(20-28)25(38)18-35-26(39)21-5-4-6-22(17-21)30(31,32)33/h2-7,14,17,23H,8-13,15-16,18-20H2,1H3,(H,35,39)/t23?,28-,29?/m0/s1. The first-order valence-electron chi connectivity index (χ1n) is 14.0. The zero-order chi connectivity index (χ0) is 29.3. The van der Waals surface area contributed by atoms with Crippen molar-refractivity contribution in [1.29, 1.82) is 0 Å². The summed E-state index contributed by atoms with van der Waals surface area (Å²) < 4.78 is 44.1. The van der Waals surface area contributed by atoms with E-state index >= 15 is 0 Å². The molecule has 3 heterocycles. The second kappa shape index (κ2) is 11.4. The number of ether oxygens (including phenoxy) is 1. The Kier molecular flexibility index (Phi) is 8.09. The highest BCUT2D eigenvalue weighted by molar-refractivity contribution is 5.96. The molecule has 1 aromatic carbocycles. The van der Waals surface area contributed by atoms with E-state index in [1.807, 2.05) is 18.2 Å². The van der Waals surface area contributed by atoms with Crippen molar-refractivity contribution in [3.8, 4) is 0 Å². The number of nitrogens with zero attached hydrogens (tertiary/aromatic N) is 3. The average molecular weight is 573 g/mol. The fourth-order valence-electron chi connectivity index (χ4n) is 6.84. The molecule has 220 valence electrons. The molecule has 11 heteroatoms. The second-order valence-corrected chi connectivity index (χ2v) is 11.6. The maximum absolute atomic E-state index is 13.0. The molecule has 1 N–H and O–H groups in total. The molecule has 5 rings (SSSR count). The molecule has 2 aliphatic heterocycles. The van der Waals surface area contributed by atoms with E-state index in [1.54, 1.807) is 11.1 Å². The number of aromatic nitrogens is 1. The van der Waals surface area contributed by atoms with E-state index in [9.17, 15) is 27.6 Å². The molecular weight excluding hydrogens is 537 g/mol. The van der Waals surface area contributed by atoms with Crippen molar-refractivity contribution in [1.82, 2.24) is 20.1 Å². The van der Waals surface area contributed by atoms with Crippen LogP contribution in [-0.2, 0) is 25.9 Å². The van der Waals surface area contributed by atoms with Crippen LogP contribution in [0, 0.1) is 5.41 Å². The molecule has 2 amide bonds. The maximum atomic E-state index is 13.0. The summed E-state index contributed by atoms with van der Waals surface area (Å²) in [5, 5.41) is 2.48. The summed E-state index contributed by atoms with van der Waals surface area (Å²) >= 11 is 0. The number of carbonyl (C=O) groups excluding carboxylic acids is 3. The molecule has 1 aromatic heterocycles. The van der Waals surface area contributed by atoms with E-state index in [0.29, 0.717) is 32.0 Å². The number of hydrogen-bond donors (Lipinski definition) is 1. The Morgan fingerprint density at radius 3 is 2.46 bits per heavy atom. The number of pyridine rings is 1. The molecule has 1 spiro atoms. The summed E-state index contributed by atoms with van der Waals surface area (Å²) in [5.41, 5.74) is -1.02. The van der Waals surface area contributed by atoms with Crippen molar-refractivity contribution in [3.05, 3.63) is 65.5 Å². The highest BCUT2D eigenvalue weighted by atomic mass is 19.4. The lowest BCUT2D eigenvalue weighted by molar-refractivity contribution is -0.149. The van der Waals surface area contributed by atoms with E-state index in [0.717, 1.165) is 56.6 Å². The summed E-state index contributed by atoms with van der Waals surface area (Å²) in [5.74, 6) is -1.19. The normalized spacial score (nSPS) is 26.7. The van der Waals surface area contributed by atoms with Gasteiger partial charge in [-0.2, -0.15) is 13.2 Å². The van der Waals surface area contributed by atoms with Gasteiger partial charge in [-0.1, -0.05) is 12.1 Å². The van der Waals surface area contributed by atoms with Gasteiger partial charge in [-0.15, -0.1) is 0 Å². The number of amides is 2. The number of carbonyl (C=O) groups is 3. The number of benzene rings is 1. The van der Waals surface area contributed by atoms with Crippen molar-refractivity contribution < 1.29 is 32.3 Å². The highest BCUT2D eigenvalue weighted by Crippen LogP contribution is 2.45. The van der Waals surface area contributed by atoms with Gasteiger partial charge in [-0.25, -0.2) is 0 Å². The molecule has 1 saturated carbocycles. The Labute approximate surface area is 237 Å². The Bertz CT molecular complexity index is 1280. The quantitative estimate of drug-likeness (QED) is 0.530. The van der Waals surface area contributed by atoms with E-state index in [2.05, 4.69) is 15.2 Å². The van der Waals surface area contributed by atoms with Gasteiger partial charge in [0, 0.05) is 42.9 Å². The van der Waals surface area contributed by atoms with Gasteiger partial charge >= 0.3 is 12.1 Å². The third-order valence-corrected chi connectivity index (χ3v) is 9.17. The third kappa shape index (κ3) is 5.95. The van der Waals surface area contributed by atoms with Crippen LogP contribution in [0.15, 0.2) is 48.7 Å². The van der Waals surface area contributed by atoms with Gasteiger partial charge in [0.1, 0.15) is 5.41 Å². The number of likely N-dealkylation sites (tertiary alicyclic amines) is 2. The first kappa shape index (κ1) is 29.0. The number of esters is 1.